The molecule has 0 aliphatic carbocycles. The molecular formula is C20H21BrO3S. The molecule has 0 spiro atoms. The Morgan fingerprint density at radius 3 is 2.32 bits per heavy atom. The fraction of sp³-hybridized carbons (Fsp3) is 0.300. The quantitative estimate of drug-likeness (QED) is 0.442. The molecule has 0 radical (unpaired) electrons. The molecule has 0 saturated carbocycles. The van der Waals surface area contributed by atoms with E-state index in [0.717, 1.165) is 15.8 Å². The van der Waals surface area contributed by atoms with Crippen molar-refractivity contribution in [2.24, 2.45) is 5.92 Å². The van der Waals surface area contributed by atoms with E-state index in [4.69, 9.17) is 4.74 Å². The highest BCUT2D eigenvalue weighted by molar-refractivity contribution is 9.10. The number of hydrogen-bond acceptors (Lipinski definition) is 4. The zero-order chi connectivity index (χ0) is 18.2. The van der Waals surface area contributed by atoms with E-state index in [9.17, 15) is 9.59 Å². The Morgan fingerprint density at radius 2 is 1.72 bits per heavy atom. The number of methoxy groups -OCH3 is 1. The maximum absolute atomic E-state index is 12.4. The molecule has 2 aromatic carbocycles. The molecule has 0 bridgehead atoms. The van der Waals surface area contributed by atoms with Crippen LogP contribution in [0, 0.1) is 12.8 Å². The van der Waals surface area contributed by atoms with Crippen LogP contribution in [-0.2, 0) is 15.3 Å². The van der Waals surface area contributed by atoms with Gasteiger partial charge >= 0.3 is 5.97 Å². The zero-order valence-corrected chi connectivity index (χ0v) is 16.7. The Bertz CT molecular complexity index is 711. The number of ketones is 1. The molecule has 1 unspecified atom stereocenters. The monoisotopic (exact) mass is 420 g/mol. The highest BCUT2D eigenvalue weighted by Gasteiger charge is 2.23. The fourth-order valence-corrected chi connectivity index (χ4v) is 3.71. The molecule has 0 amide bonds. The van der Waals surface area contributed by atoms with E-state index in [-0.39, 0.29) is 18.2 Å². The molecular weight excluding hydrogens is 400 g/mol. The molecule has 25 heavy (non-hydrogen) atoms. The first-order chi connectivity index (χ1) is 12.0. The van der Waals surface area contributed by atoms with Crippen molar-refractivity contribution in [3.63, 3.8) is 0 Å². The lowest BCUT2D eigenvalue weighted by atomic mass is 9.99. The molecule has 0 N–H and O–H groups in total. The van der Waals surface area contributed by atoms with Crippen LogP contribution in [0.4, 0.5) is 0 Å². The molecule has 1 atom stereocenters. The van der Waals surface area contributed by atoms with E-state index in [1.54, 1.807) is 23.9 Å². The number of thioether (sulfide) groups is 1. The van der Waals surface area contributed by atoms with E-state index in [2.05, 4.69) is 15.9 Å². The summed E-state index contributed by atoms with van der Waals surface area (Å²) in [5, 5.41) is 0. The topological polar surface area (TPSA) is 43.4 Å². The molecule has 3 nitrogen and oxygen atoms in total. The molecule has 5 heteroatoms. The van der Waals surface area contributed by atoms with Crippen LogP contribution in [0.25, 0.3) is 0 Å². The van der Waals surface area contributed by atoms with Gasteiger partial charge in [0.1, 0.15) is 0 Å². The van der Waals surface area contributed by atoms with Gasteiger partial charge in [0.15, 0.2) is 5.78 Å². The van der Waals surface area contributed by atoms with E-state index in [1.807, 2.05) is 43.3 Å². The third-order valence-corrected chi connectivity index (χ3v) is 5.55. The summed E-state index contributed by atoms with van der Waals surface area (Å²) < 4.78 is 5.92. The number of hydrogen-bond donors (Lipinski definition) is 0. The Hall–Kier alpha value is -1.59. The van der Waals surface area contributed by atoms with Gasteiger partial charge in [-0.15, -0.1) is 0 Å². The Morgan fingerprint density at radius 1 is 1.08 bits per heavy atom. The van der Waals surface area contributed by atoms with Crippen LogP contribution < -0.4 is 0 Å². The summed E-state index contributed by atoms with van der Waals surface area (Å²) in [6.45, 7) is 1.98. The number of ether oxygens (including phenoxy) is 1. The third-order valence-electron chi connectivity index (χ3n) is 3.84. The standard InChI is InChI=1S/C20H21BrO3S/c1-14-3-7-16(8-4-14)19(22)11-17(20(23)24-2)13-25-12-15-5-9-18(21)10-6-15/h3-10,17H,11-13H2,1-2H3. The van der Waals surface area contributed by atoms with Crippen molar-refractivity contribution in [2.45, 2.75) is 19.1 Å². The third kappa shape index (κ3) is 6.33. The van der Waals surface area contributed by atoms with Crippen LogP contribution in [0.15, 0.2) is 53.0 Å². The predicted octanol–water partition coefficient (Wildman–Crippen LogP) is 5.05. The van der Waals surface area contributed by atoms with Crippen molar-refractivity contribution in [1.29, 1.82) is 0 Å². The maximum Gasteiger partial charge on any atom is 0.309 e. The highest BCUT2D eigenvalue weighted by Crippen LogP contribution is 2.21. The number of carbonyl (C=O) groups is 2. The fourth-order valence-electron chi connectivity index (χ4n) is 2.36. The largest absolute Gasteiger partial charge is 0.469 e. The molecule has 0 aromatic heterocycles. The first-order valence-electron chi connectivity index (χ1n) is 7.99. The van der Waals surface area contributed by atoms with Gasteiger partial charge < -0.3 is 4.74 Å². The van der Waals surface area contributed by atoms with Gasteiger partial charge in [-0.05, 0) is 24.6 Å². The summed E-state index contributed by atoms with van der Waals surface area (Å²) in [7, 11) is 1.37. The summed E-state index contributed by atoms with van der Waals surface area (Å²) in [5.41, 5.74) is 2.92. The zero-order valence-electron chi connectivity index (χ0n) is 14.3. The van der Waals surface area contributed by atoms with Crippen molar-refractivity contribution in [3.05, 3.63) is 69.7 Å². The van der Waals surface area contributed by atoms with Crippen LogP contribution in [0.5, 0.6) is 0 Å². The second-order valence-corrected chi connectivity index (χ2v) is 7.80. The Kier molecular flexibility index (Phi) is 7.72. The van der Waals surface area contributed by atoms with Gasteiger partial charge in [0, 0.05) is 28.0 Å². The van der Waals surface area contributed by atoms with Crippen molar-refractivity contribution in [3.8, 4) is 0 Å². The summed E-state index contributed by atoms with van der Waals surface area (Å²) >= 11 is 5.05. The molecule has 132 valence electrons. The number of aryl methyl sites for hydroxylation is 1. The van der Waals surface area contributed by atoms with Crippen LogP contribution in [0.2, 0.25) is 0 Å². The molecule has 0 heterocycles. The average Bonchev–Trinajstić information content (AvgIpc) is 2.62. The minimum atomic E-state index is -0.431. The average molecular weight is 421 g/mol. The van der Waals surface area contributed by atoms with Gasteiger partial charge in [0.2, 0.25) is 0 Å². The second kappa shape index (κ2) is 9.78. The van der Waals surface area contributed by atoms with Gasteiger partial charge in [-0.25, -0.2) is 0 Å². The van der Waals surface area contributed by atoms with E-state index < -0.39 is 5.92 Å². The lowest BCUT2D eigenvalue weighted by Crippen LogP contribution is -2.22. The predicted molar refractivity (Wildman–Crippen MR) is 106 cm³/mol. The maximum atomic E-state index is 12.4. The molecule has 0 aliphatic rings. The van der Waals surface area contributed by atoms with E-state index in [1.165, 1.54) is 12.7 Å². The summed E-state index contributed by atoms with van der Waals surface area (Å²) in [4.78, 5) is 24.5. The van der Waals surface area contributed by atoms with Crippen LogP contribution >= 0.6 is 27.7 Å². The minimum Gasteiger partial charge on any atom is -0.469 e. The molecule has 0 fully saturated rings. The van der Waals surface area contributed by atoms with Gasteiger partial charge in [-0.1, -0.05) is 57.9 Å². The molecule has 2 rings (SSSR count). The number of carbonyl (C=O) groups excluding carboxylic acids is 2. The first kappa shape index (κ1) is 19.7. The number of benzene rings is 2. The van der Waals surface area contributed by atoms with Crippen molar-refractivity contribution >= 4 is 39.4 Å². The van der Waals surface area contributed by atoms with E-state index in [0.29, 0.717) is 11.3 Å². The Labute approximate surface area is 161 Å². The minimum absolute atomic E-state index is 0.0281. The van der Waals surface area contributed by atoms with Crippen LogP contribution in [0.3, 0.4) is 0 Å². The Balaban J connectivity index is 1.93. The summed E-state index contributed by atoms with van der Waals surface area (Å²) in [5.74, 6) is 0.558. The van der Waals surface area contributed by atoms with E-state index >= 15 is 0 Å². The normalized spacial score (nSPS) is 11.8. The first-order valence-corrected chi connectivity index (χ1v) is 9.94. The van der Waals surface area contributed by atoms with Gasteiger partial charge in [0.25, 0.3) is 0 Å². The SMILES string of the molecule is COC(=O)C(CSCc1ccc(Br)cc1)CC(=O)c1ccc(C)cc1. The molecule has 0 saturated heterocycles. The van der Waals surface area contributed by atoms with Crippen LogP contribution in [-0.4, -0.2) is 24.6 Å². The summed E-state index contributed by atoms with van der Waals surface area (Å²) in [6.07, 6.45) is 0.170. The smallest absolute Gasteiger partial charge is 0.309 e. The van der Waals surface area contributed by atoms with Gasteiger partial charge in [0.05, 0.1) is 13.0 Å². The second-order valence-electron chi connectivity index (χ2n) is 5.86. The highest BCUT2D eigenvalue weighted by atomic mass is 79.9. The van der Waals surface area contributed by atoms with Crippen LogP contribution in [0.1, 0.15) is 27.9 Å². The van der Waals surface area contributed by atoms with Gasteiger partial charge in [-0.2, -0.15) is 11.8 Å². The lowest BCUT2D eigenvalue weighted by molar-refractivity contribution is -0.144. The molecule has 2 aromatic rings. The molecule has 0 aliphatic heterocycles. The van der Waals surface area contributed by atoms with Gasteiger partial charge in [-0.3, -0.25) is 9.59 Å². The number of Topliss-reactive ketones (excluding diaryl/α,β-unsaturated/α-hetero) is 1. The van der Waals surface area contributed by atoms with Crippen molar-refractivity contribution in [2.75, 3.05) is 12.9 Å². The number of esters is 1. The van der Waals surface area contributed by atoms with Crippen molar-refractivity contribution < 1.29 is 14.3 Å². The number of rotatable bonds is 8. The number of halogens is 1. The summed E-state index contributed by atoms with van der Waals surface area (Å²) in [6, 6.07) is 15.5. The lowest BCUT2D eigenvalue weighted by Gasteiger charge is -2.14. The van der Waals surface area contributed by atoms with Crippen molar-refractivity contribution in [1.82, 2.24) is 0 Å².